The fourth-order valence-corrected chi connectivity index (χ4v) is 1.85. The van der Waals surface area contributed by atoms with Crippen LogP contribution in [0.5, 0.6) is 6.01 Å². The van der Waals surface area contributed by atoms with Crippen molar-refractivity contribution >= 4 is 17.7 Å². The van der Waals surface area contributed by atoms with Crippen molar-refractivity contribution in [3.05, 3.63) is 0 Å². The summed E-state index contributed by atoms with van der Waals surface area (Å²) in [7, 11) is 1.67. The Kier molecular flexibility index (Phi) is 7.43. The van der Waals surface area contributed by atoms with Gasteiger partial charge in [0.15, 0.2) is 5.16 Å². The van der Waals surface area contributed by atoms with Crippen molar-refractivity contribution in [1.82, 2.24) is 15.0 Å². The highest BCUT2D eigenvalue weighted by molar-refractivity contribution is 7.99. The first kappa shape index (κ1) is 15.0. The smallest absolute Gasteiger partial charge is 0.322 e. The molecule has 0 amide bonds. The van der Waals surface area contributed by atoms with Crippen LogP contribution < -0.4 is 10.1 Å². The van der Waals surface area contributed by atoms with Crippen LogP contribution >= 0.6 is 11.8 Å². The van der Waals surface area contributed by atoms with Crippen LogP contribution in [0.15, 0.2) is 5.16 Å². The van der Waals surface area contributed by atoms with Gasteiger partial charge in [0.1, 0.15) is 0 Å². The topological polar surface area (TPSA) is 69.2 Å². The van der Waals surface area contributed by atoms with E-state index in [-0.39, 0.29) is 0 Å². The predicted octanol–water partition coefficient (Wildman–Crippen LogP) is 1.83. The second-order valence-electron chi connectivity index (χ2n) is 3.43. The number of rotatable bonds is 9. The lowest BCUT2D eigenvalue weighted by molar-refractivity contribution is 0.218. The Bertz CT molecular complexity index is 352. The van der Waals surface area contributed by atoms with Crippen molar-refractivity contribution in [2.45, 2.75) is 25.4 Å². The average Bonchev–Trinajstić information content (AvgIpc) is 2.37. The molecule has 0 fully saturated rings. The first-order valence-electron chi connectivity index (χ1n) is 6.04. The Hall–Kier alpha value is -1.08. The van der Waals surface area contributed by atoms with Gasteiger partial charge in [-0.1, -0.05) is 18.7 Å². The first-order chi connectivity index (χ1) is 8.80. The summed E-state index contributed by atoms with van der Waals surface area (Å²) in [6, 6.07) is 0.367. The number of ether oxygens (including phenoxy) is 2. The van der Waals surface area contributed by atoms with Crippen LogP contribution in [0.1, 0.15) is 20.3 Å². The minimum absolute atomic E-state index is 0.367. The number of hydrogen-bond acceptors (Lipinski definition) is 7. The molecule has 102 valence electrons. The van der Waals surface area contributed by atoms with Crippen molar-refractivity contribution in [1.29, 1.82) is 0 Å². The third kappa shape index (κ3) is 5.50. The van der Waals surface area contributed by atoms with Crippen LogP contribution in [0.3, 0.4) is 0 Å². The molecule has 0 atom stereocenters. The molecule has 0 bridgehead atoms. The zero-order chi connectivity index (χ0) is 13.2. The number of anilines is 1. The summed E-state index contributed by atoms with van der Waals surface area (Å²) in [5.74, 6) is 1.37. The van der Waals surface area contributed by atoms with Gasteiger partial charge in [-0.15, -0.1) is 0 Å². The molecule has 0 radical (unpaired) electrons. The van der Waals surface area contributed by atoms with E-state index in [1.165, 1.54) is 11.8 Å². The van der Waals surface area contributed by atoms with E-state index in [0.717, 1.165) is 18.7 Å². The molecule has 0 aliphatic heterocycles. The molecule has 1 aromatic rings. The molecule has 1 aromatic heterocycles. The Morgan fingerprint density at radius 2 is 2.06 bits per heavy atom. The second kappa shape index (κ2) is 8.93. The maximum atomic E-state index is 5.33. The van der Waals surface area contributed by atoms with Crippen molar-refractivity contribution in [3.63, 3.8) is 0 Å². The molecule has 0 unspecified atom stereocenters. The average molecular weight is 272 g/mol. The molecule has 1 heterocycles. The summed E-state index contributed by atoms with van der Waals surface area (Å²) in [5.41, 5.74) is 0. The molecule has 7 heteroatoms. The molecule has 0 spiro atoms. The SMILES string of the molecule is CCCNc1nc(OCC)nc(SCCOC)n1. The molecule has 0 aromatic carbocycles. The zero-order valence-electron chi connectivity index (χ0n) is 11.1. The van der Waals surface area contributed by atoms with Gasteiger partial charge >= 0.3 is 6.01 Å². The van der Waals surface area contributed by atoms with E-state index in [0.29, 0.717) is 30.3 Å². The third-order valence-corrected chi connectivity index (χ3v) is 2.73. The summed E-state index contributed by atoms with van der Waals surface area (Å²) in [4.78, 5) is 12.7. The van der Waals surface area contributed by atoms with Gasteiger partial charge in [0.2, 0.25) is 5.95 Å². The van der Waals surface area contributed by atoms with Crippen LogP contribution in [-0.4, -0.2) is 47.6 Å². The molecule has 0 aliphatic carbocycles. The lowest BCUT2D eigenvalue weighted by Crippen LogP contribution is -2.08. The third-order valence-electron chi connectivity index (χ3n) is 1.92. The minimum atomic E-state index is 0.367. The molecular formula is C11H20N4O2S. The highest BCUT2D eigenvalue weighted by atomic mass is 32.2. The van der Waals surface area contributed by atoms with E-state index in [1.54, 1.807) is 7.11 Å². The number of nitrogens with zero attached hydrogens (tertiary/aromatic N) is 3. The highest BCUT2D eigenvalue weighted by Crippen LogP contribution is 2.17. The van der Waals surface area contributed by atoms with E-state index < -0.39 is 0 Å². The summed E-state index contributed by atoms with van der Waals surface area (Å²) in [6.45, 7) is 6.03. The molecule has 6 nitrogen and oxygen atoms in total. The Balaban J connectivity index is 2.70. The molecule has 0 saturated heterocycles. The molecule has 18 heavy (non-hydrogen) atoms. The highest BCUT2D eigenvalue weighted by Gasteiger charge is 2.07. The van der Waals surface area contributed by atoms with Crippen molar-refractivity contribution in [2.75, 3.05) is 37.9 Å². The molecule has 0 aliphatic rings. The largest absolute Gasteiger partial charge is 0.464 e. The number of nitrogens with one attached hydrogen (secondary N) is 1. The summed E-state index contributed by atoms with van der Waals surface area (Å²) >= 11 is 1.53. The molecular weight excluding hydrogens is 252 g/mol. The Morgan fingerprint density at radius 1 is 1.22 bits per heavy atom. The fraction of sp³-hybridized carbons (Fsp3) is 0.727. The van der Waals surface area contributed by atoms with Crippen LogP contribution in [-0.2, 0) is 4.74 Å². The lowest BCUT2D eigenvalue weighted by Gasteiger charge is -2.07. The monoisotopic (exact) mass is 272 g/mol. The normalized spacial score (nSPS) is 10.4. The van der Waals surface area contributed by atoms with Crippen LogP contribution in [0.25, 0.3) is 0 Å². The van der Waals surface area contributed by atoms with Gasteiger partial charge in [0, 0.05) is 19.4 Å². The van der Waals surface area contributed by atoms with E-state index >= 15 is 0 Å². The van der Waals surface area contributed by atoms with Crippen LogP contribution in [0.2, 0.25) is 0 Å². The van der Waals surface area contributed by atoms with Gasteiger partial charge in [-0.05, 0) is 13.3 Å². The van der Waals surface area contributed by atoms with Gasteiger partial charge in [0.05, 0.1) is 13.2 Å². The Morgan fingerprint density at radius 3 is 2.72 bits per heavy atom. The zero-order valence-corrected chi connectivity index (χ0v) is 11.9. The molecule has 0 saturated carbocycles. The number of methoxy groups -OCH3 is 1. The molecule has 1 N–H and O–H groups in total. The maximum absolute atomic E-state index is 5.33. The van der Waals surface area contributed by atoms with E-state index in [1.807, 2.05) is 6.92 Å². The summed E-state index contributed by atoms with van der Waals surface area (Å²) in [5, 5.41) is 3.79. The van der Waals surface area contributed by atoms with Crippen LogP contribution in [0, 0.1) is 0 Å². The van der Waals surface area contributed by atoms with E-state index in [4.69, 9.17) is 9.47 Å². The standard InChI is InChI=1S/C11H20N4O2S/c1-4-6-12-9-13-10(17-5-2)15-11(14-9)18-8-7-16-3/h4-8H2,1-3H3,(H,12,13,14,15). The summed E-state index contributed by atoms with van der Waals surface area (Å²) < 4.78 is 10.3. The molecule has 1 rings (SSSR count). The Labute approximate surface area is 112 Å². The number of hydrogen-bond donors (Lipinski definition) is 1. The quantitative estimate of drug-likeness (QED) is 0.543. The number of aromatic nitrogens is 3. The first-order valence-corrected chi connectivity index (χ1v) is 7.03. The van der Waals surface area contributed by atoms with E-state index in [9.17, 15) is 0 Å². The van der Waals surface area contributed by atoms with Gasteiger partial charge in [-0.3, -0.25) is 0 Å². The second-order valence-corrected chi connectivity index (χ2v) is 4.49. The van der Waals surface area contributed by atoms with Crippen molar-refractivity contribution in [2.24, 2.45) is 0 Å². The van der Waals surface area contributed by atoms with Crippen molar-refractivity contribution < 1.29 is 9.47 Å². The van der Waals surface area contributed by atoms with E-state index in [2.05, 4.69) is 27.2 Å². The fourth-order valence-electron chi connectivity index (χ4n) is 1.13. The lowest BCUT2D eigenvalue weighted by atomic mass is 10.5. The van der Waals surface area contributed by atoms with Crippen LogP contribution in [0.4, 0.5) is 5.95 Å². The maximum Gasteiger partial charge on any atom is 0.322 e. The van der Waals surface area contributed by atoms with Crippen molar-refractivity contribution in [3.8, 4) is 6.01 Å². The summed E-state index contributed by atoms with van der Waals surface area (Å²) in [6.07, 6.45) is 1.02. The van der Waals surface area contributed by atoms with Gasteiger partial charge in [0.25, 0.3) is 0 Å². The minimum Gasteiger partial charge on any atom is -0.464 e. The number of thioether (sulfide) groups is 1. The predicted molar refractivity (Wildman–Crippen MR) is 72.4 cm³/mol. The van der Waals surface area contributed by atoms with Gasteiger partial charge in [-0.2, -0.15) is 15.0 Å². The van der Waals surface area contributed by atoms with Gasteiger partial charge < -0.3 is 14.8 Å². The van der Waals surface area contributed by atoms with Gasteiger partial charge in [-0.25, -0.2) is 0 Å².